The van der Waals surface area contributed by atoms with Crippen molar-refractivity contribution in [3.63, 3.8) is 0 Å². The highest BCUT2D eigenvalue weighted by Crippen LogP contribution is 2.35. The molecule has 0 heterocycles. The highest BCUT2D eigenvalue weighted by Gasteiger charge is 2.19. The molecule has 0 saturated carbocycles. The van der Waals surface area contributed by atoms with E-state index in [0.29, 0.717) is 0 Å². The van der Waals surface area contributed by atoms with Crippen molar-refractivity contribution in [1.82, 2.24) is 0 Å². The third-order valence-corrected chi connectivity index (χ3v) is 4.69. The summed E-state index contributed by atoms with van der Waals surface area (Å²) in [5.41, 5.74) is 18.6. The minimum atomic E-state index is -0.389. The molecule has 0 spiro atoms. The van der Waals surface area contributed by atoms with E-state index in [1.165, 1.54) is 12.1 Å². The van der Waals surface area contributed by atoms with Crippen molar-refractivity contribution < 1.29 is 4.92 Å². The molecule has 26 heavy (non-hydrogen) atoms. The van der Waals surface area contributed by atoms with E-state index in [1.807, 2.05) is 38.1 Å². The van der Waals surface area contributed by atoms with Crippen molar-refractivity contribution in [2.45, 2.75) is 19.8 Å². The number of nitrogen functional groups attached to an aromatic ring is 2. The molecule has 0 unspecified atom stereocenters. The van der Waals surface area contributed by atoms with Crippen LogP contribution in [0.4, 0.5) is 17.1 Å². The van der Waals surface area contributed by atoms with Crippen molar-refractivity contribution in [1.29, 1.82) is 0 Å². The predicted octanol–water partition coefficient (Wildman–Crippen LogP) is 4.56. The Labute approximate surface area is 152 Å². The molecular weight excluding hydrogens is 326 g/mol. The van der Waals surface area contributed by atoms with Gasteiger partial charge in [0.1, 0.15) is 0 Å². The molecule has 5 nitrogen and oxygen atoms in total. The number of non-ortho nitro benzene ring substituents is 1. The van der Waals surface area contributed by atoms with E-state index in [-0.39, 0.29) is 16.5 Å². The van der Waals surface area contributed by atoms with Gasteiger partial charge in [-0.2, -0.15) is 0 Å². The molecule has 3 aromatic carbocycles. The minimum absolute atomic E-state index is 0.0607. The molecule has 0 amide bonds. The fourth-order valence-corrected chi connectivity index (χ4v) is 3.12. The SMILES string of the molecule is Cc1cc(C(c2ccc([N+](=O)[O-])cc2)c2ccc(N)c(C)c2)ccc1N. The molecule has 3 rings (SSSR count). The Kier molecular flexibility index (Phi) is 4.63. The van der Waals surface area contributed by atoms with Gasteiger partial charge in [0.15, 0.2) is 0 Å². The molecule has 0 aliphatic rings. The summed E-state index contributed by atoms with van der Waals surface area (Å²) in [7, 11) is 0. The number of hydrogen-bond acceptors (Lipinski definition) is 4. The summed E-state index contributed by atoms with van der Waals surface area (Å²) in [6, 6.07) is 18.6. The van der Waals surface area contributed by atoms with E-state index in [0.717, 1.165) is 39.2 Å². The van der Waals surface area contributed by atoms with E-state index >= 15 is 0 Å². The molecule has 0 aliphatic carbocycles. The molecule has 0 aromatic heterocycles. The summed E-state index contributed by atoms with van der Waals surface area (Å²) >= 11 is 0. The van der Waals surface area contributed by atoms with Crippen molar-refractivity contribution in [2.75, 3.05) is 11.5 Å². The first kappa shape index (κ1) is 17.5. The van der Waals surface area contributed by atoms with Crippen LogP contribution in [0.25, 0.3) is 0 Å². The normalized spacial score (nSPS) is 10.9. The maximum absolute atomic E-state index is 11.0. The van der Waals surface area contributed by atoms with Crippen LogP contribution >= 0.6 is 0 Å². The fourth-order valence-electron chi connectivity index (χ4n) is 3.12. The largest absolute Gasteiger partial charge is 0.399 e. The Hall–Kier alpha value is -3.34. The average molecular weight is 347 g/mol. The molecule has 3 aromatic rings. The van der Waals surface area contributed by atoms with E-state index in [2.05, 4.69) is 12.1 Å². The number of hydrogen-bond donors (Lipinski definition) is 2. The van der Waals surface area contributed by atoms with Gasteiger partial charge < -0.3 is 11.5 Å². The molecule has 0 saturated heterocycles. The van der Waals surface area contributed by atoms with Crippen LogP contribution < -0.4 is 11.5 Å². The van der Waals surface area contributed by atoms with Crippen LogP contribution in [0.3, 0.4) is 0 Å². The van der Waals surface area contributed by atoms with Crippen molar-refractivity contribution in [2.24, 2.45) is 0 Å². The first-order chi connectivity index (χ1) is 12.4. The van der Waals surface area contributed by atoms with Crippen molar-refractivity contribution in [3.8, 4) is 0 Å². The summed E-state index contributed by atoms with van der Waals surface area (Å²) in [4.78, 5) is 10.6. The summed E-state index contributed by atoms with van der Waals surface area (Å²) in [5, 5.41) is 11.0. The van der Waals surface area contributed by atoms with Gasteiger partial charge in [0.2, 0.25) is 0 Å². The number of nitro benzene ring substituents is 1. The molecule has 5 heteroatoms. The maximum Gasteiger partial charge on any atom is 0.269 e. The highest BCUT2D eigenvalue weighted by molar-refractivity contribution is 5.55. The molecule has 0 fully saturated rings. The van der Waals surface area contributed by atoms with Gasteiger partial charge >= 0.3 is 0 Å². The zero-order valence-electron chi connectivity index (χ0n) is 14.8. The number of nitrogens with two attached hydrogens (primary N) is 2. The van der Waals surface area contributed by atoms with Crippen LogP contribution in [0.5, 0.6) is 0 Å². The average Bonchev–Trinajstić information content (AvgIpc) is 2.62. The monoisotopic (exact) mass is 347 g/mol. The van der Waals surface area contributed by atoms with Gasteiger partial charge in [-0.1, -0.05) is 36.4 Å². The summed E-state index contributed by atoms with van der Waals surface area (Å²) in [6.45, 7) is 3.94. The molecule has 0 atom stereocenters. The topological polar surface area (TPSA) is 95.2 Å². The molecule has 132 valence electrons. The lowest BCUT2D eigenvalue weighted by molar-refractivity contribution is -0.384. The van der Waals surface area contributed by atoms with E-state index in [1.54, 1.807) is 12.1 Å². The fraction of sp³-hybridized carbons (Fsp3) is 0.143. The van der Waals surface area contributed by atoms with Crippen LogP contribution in [0.15, 0.2) is 60.7 Å². The van der Waals surface area contributed by atoms with Gasteiger partial charge in [-0.25, -0.2) is 0 Å². The Morgan fingerprint density at radius 1 is 0.769 bits per heavy atom. The third-order valence-electron chi connectivity index (χ3n) is 4.69. The second-order valence-corrected chi connectivity index (χ2v) is 6.51. The molecule has 0 aliphatic heterocycles. The Morgan fingerprint density at radius 3 is 1.58 bits per heavy atom. The predicted molar refractivity (Wildman–Crippen MR) is 105 cm³/mol. The molecule has 4 N–H and O–H groups in total. The highest BCUT2D eigenvalue weighted by atomic mass is 16.6. The molecule has 0 radical (unpaired) electrons. The standard InChI is InChI=1S/C21H21N3O2/c1-13-11-16(5-9-19(13)22)21(17-6-10-20(23)14(2)12-17)15-3-7-18(8-4-15)24(25)26/h3-12,21H,22-23H2,1-2H3. The smallest absolute Gasteiger partial charge is 0.269 e. The maximum atomic E-state index is 11.0. The van der Waals surface area contributed by atoms with Crippen molar-refractivity contribution >= 4 is 17.1 Å². The number of anilines is 2. The second kappa shape index (κ2) is 6.88. The summed E-state index contributed by atoms with van der Waals surface area (Å²) in [6.07, 6.45) is 0. The second-order valence-electron chi connectivity index (χ2n) is 6.51. The van der Waals surface area contributed by atoms with Gasteiger partial charge in [-0.15, -0.1) is 0 Å². The van der Waals surface area contributed by atoms with Crippen LogP contribution in [0, 0.1) is 24.0 Å². The third kappa shape index (κ3) is 3.37. The zero-order valence-corrected chi connectivity index (χ0v) is 14.8. The minimum Gasteiger partial charge on any atom is -0.399 e. The van der Waals surface area contributed by atoms with Crippen LogP contribution in [0.2, 0.25) is 0 Å². The van der Waals surface area contributed by atoms with Gasteiger partial charge in [0, 0.05) is 29.4 Å². The Bertz CT molecular complexity index is 914. The van der Waals surface area contributed by atoms with Crippen LogP contribution in [-0.2, 0) is 0 Å². The van der Waals surface area contributed by atoms with E-state index in [4.69, 9.17) is 11.5 Å². The van der Waals surface area contributed by atoms with E-state index in [9.17, 15) is 10.1 Å². The lowest BCUT2D eigenvalue weighted by Crippen LogP contribution is -2.06. The number of aryl methyl sites for hydroxylation is 2. The van der Waals surface area contributed by atoms with Gasteiger partial charge in [-0.05, 0) is 53.8 Å². The van der Waals surface area contributed by atoms with Gasteiger partial charge in [0.25, 0.3) is 5.69 Å². The summed E-state index contributed by atoms with van der Waals surface area (Å²) in [5.74, 6) is -0.0607. The van der Waals surface area contributed by atoms with Gasteiger partial charge in [-0.3, -0.25) is 10.1 Å². The van der Waals surface area contributed by atoms with Crippen molar-refractivity contribution in [3.05, 3.63) is 98.6 Å². The molecule has 0 bridgehead atoms. The lowest BCUT2D eigenvalue weighted by Gasteiger charge is -2.21. The lowest BCUT2D eigenvalue weighted by atomic mass is 9.83. The quantitative estimate of drug-likeness (QED) is 0.313. The number of benzene rings is 3. The number of rotatable bonds is 4. The van der Waals surface area contributed by atoms with Crippen LogP contribution in [-0.4, -0.2) is 4.92 Å². The van der Waals surface area contributed by atoms with Crippen LogP contribution in [0.1, 0.15) is 33.7 Å². The zero-order chi connectivity index (χ0) is 18.8. The first-order valence-electron chi connectivity index (χ1n) is 8.33. The van der Waals surface area contributed by atoms with E-state index < -0.39 is 0 Å². The Morgan fingerprint density at radius 2 is 1.19 bits per heavy atom. The number of nitrogens with zero attached hydrogens (tertiary/aromatic N) is 1. The first-order valence-corrected chi connectivity index (χ1v) is 8.33. The number of nitro groups is 1. The van der Waals surface area contributed by atoms with Gasteiger partial charge in [0.05, 0.1) is 4.92 Å². The Balaban J connectivity index is 2.15. The molecular formula is C21H21N3O2. The summed E-state index contributed by atoms with van der Waals surface area (Å²) < 4.78 is 0.